The smallest absolute Gasteiger partial charge is 0.306 e. The molecule has 0 bridgehead atoms. The minimum Gasteiger partial charge on any atom is -0.462 e. The third-order valence-electron chi connectivity index (χ3n) is 14.0. The molecule has 0 spiro atoms. The highest BCUT2D eigenvalue weighted by Crippen LogP contribution is 2.17. The van der Waals surface area contributed by atoms with Gasteiger partial charge in [-0.05, 0) is 51.4 Å². The molecule has 0 saturated heterocycles. The monoisotopic (exact) mass is 971 g/mol. The van der Waals surface area contributed by atoms with Gasteiger partial charge in [0.1, 0.15) is 13.2 Å². The van der Waals surface area contributed by atoms with Crippen molar-refractivity contribution in [1.82, 2.24) is 0 Å². The predicted octanol–water partition coefficient (Wildman–Crippen LogP) is 20.7. The number of hydrogen-bond donors (Lipinski definition) is 0. The van der Waals surface area contributed by atoms with Crippen LogP contribution in [-0.4, -0.2) is 37.2 Å². The highest BCUT2D eigenvalue weighted by Gasteiger charge is 2.19. The first-order valence-electron chi connectivity index (χ1n) is 30.8. The van der Waals surface area contributed by atoms with E-state index in [4.69, 9.17) is 14.2 Å². The first-order valence-corrected chi connectivity index (χ1v) is 30.8. The molecule has 0 heterocycles. The molecule has 0 amide bonds. The highest BCUT2D eigenvalue weighted by atomic mass is 16.6. The fraction of sp³-hybridized carbons (Fsp3) is 0.889. The Hall–Kier alpha value is -2.11. The van der Waals surface area contributed by atoms with Crippen LogP contribution in [0.3, 0.4) is 0 Å². The Bertz CT molecular complexity index is 1110. The quantitative estimate of drug-likeness (QED) is 0.0261. The maximum atomic E-state index is 12.8. The molecule has 1 atom stereocenters. The van der Waals surface area contributed by atoms with E-state index in [2.05, 4.69) is 45.1 Å². The van der Waals surface area contributed by atoms with E-state index in [1.165, 1.54) is 238 Å². The number of allylic oxidation sites excluding steroid dienone is 4. The Morgan fingerprint density at radius 2 is 0.522 bits per heavy atom. The number of esters is 3. The first kappa shape index (κ1) is 66.9. The predicted molar refractivity (Wildman–Crippen MR) is 298 cm³/mol. The molecule has 0 radical (unpaired) electrons. The van der Waals surface area contributed by atoms with Crippen molar-refractivity contribution in [3.8, 4) is 0 Å². The number of unbranched alkanes of at least 4 members (excludes halogenated alkanes) is 42. The summed E-state index contributed by atoms with van der Waals surface area (Å²) >= 11 is 0. The number of rotatable bonds is 57. The van der Waals surface area contributed by atoms with E-state index in [1.807, 2.05) is 0 Å². The third-order valence-corrected chi connectivity index (χ3v) is 14.0. The van der Waals surface area contributed by atoms with Gasteiger partial charge in [-0.3, -0.25) is 14.4 Å². The zero-order valence-corrected chi connectivity index (χ0v) is 46.6. The first-order chi connectivity index (χ1) is 34.0. The summed E-state index contributed by atoms with van der Waals surface area (Å²) in [6.45, 7) is 6.67. The zero-order chi connectivity index (χ0) is 50.0. The summed E-state index contributed by atoms with van der Waals surface area (Å²) in [5, 5.41) is 0. The molecule has 406 valence electrons. The average Bonchev–Trinajstić information content (AvgIpc) is 3.35. The van der Waals surface area contributed by atoms with Gasteiger partial charge >= 0.3 is 17.9 Å². The fourth-order valence-electron chi connectivity index (χ4n) is 9.30. The highest BCUT2D eigenvalue weighted by molar-refractivity contribution is 5.71. The van der Waals surface area contributed by atoms with Crippen LogP contribution in [0.15, 0.2) is 24.3 Å². The van der Waals surface area contributed by atoms with Gasteiger partial charge in [-0.1, -0.05) is 295 Å². The van der Waals surface area contributed by atoms with Crippen LogP contribution in [0.25, 0.3) is 0 Å². The van der Waals surface area contributed by atoms with Gasteiger partial charge in [0.05, 0.1) is 0 Å². The molecule has 0 saturated carbocycles. The van der Waals surface area contributed by atoms with Crippen LogP contribution in [0.1, 0.15) is 342 Å². The van der Waals surface area contributed by atoms with Gasteiger partial charge in [-0.15, -0.1) is 0 Å². The molecule has 0 aliphatic carbocycles. The van der Waals surface area contributed by atoms with Crippen LogP contribution >= 0.6 is 0 Å². The maximum Gasteiger partial charge on any atom is 0.306 e. The Kier molecular flexibility index (Phi) is 56.7. The Balaban J connectivity index is 4.17. The van der Waals surface area contributed by atoms with Gasteiger partial charge in [0.2, 0.25) is 0 Å². The van der Waals surface area contributed by atoms with Gasteiger partial charge in [-0.25, -0.2) is 0 Å². The van der Waals surface area contributed by atoms with Crippen LogP contribution in [0.2, 0.25) is 0 Å². The lowest BCUT2D eigenvalue weighted by Gasteiger charge is -2.18. The largest absolute Gasteiger partial charge is 0.462 e. The molecule has 0 rings (SSSR count). The summed E-state index contributed by atoms with van der Waals surface area (Å²) in [6.07, 6.45) is 69.0. The van der Waals surface area contributed by atoms with Crippen molar-refractivity contribution >= 4 is 17.9 Å². The lowest BCUT2D eigenvalue weighted by atomic mass is 10.0. The fourth-order valence-corrected chi connectivity index (χ4v) is 9.30. The lowest BCUT2D eigenvalue weighted by molar-refractivity contribution is -0.167. The number of carbonyl (C=O) groups is 3. The molecular weight excluding hydrogens is 853 g/mol. The van der Waals surface area contributed by atoms with E-state index in [0.717, 1.165) is 64.2 Å². The summed E-state index contributed by atoms with van der Waals surface area (Å²) in [7, 11) is 0. The van der Waals surface area contributed by atoms with E-state index < -0.39 is 6.10 Å². The SMILES string of the molecule is CCCCCCC/C=C\C/C=C\CCCCCCCCCCCCCCCC(=O)OCC(COC(=O)CCCCCCCCCCCC)OC(=O)CCCCCCCCCCCCCCCCCC. The van der Waals surface area contributed by atoms with Crippen molar-refractivity contribution in [2.24, 2.45) is 0 Å². The molecular formula is C63H118O6. The van der Waals surface area contributed by atoms with Crippen LogP contribution in [0, 0.1) is 0 Å². The van der Waals surface area contributed by atoms with Crippen LogP contribution in [0.4, 0.5) is 0 Å². The maximum absolute atomic E-state index is 12.8. The normalized spacial score (nSPS) is 12.1. The van der Waals surface area contributed by atoms with E-state index in [-0.39, 0.29) is 31.1 Å². The molecule has 0 aromatic carbocycles. The second-order valence-electron chi connectivity index (χ2n) is 21.0. The molecule has 0 aromatic rings. The molecule has 0 aromatic heterocycles. The second kappa shape index (κ2) is 58.5. The van der Waals surface area contributed by atoms with Gasteiger partial charge in [0.25, 0.3) is 0 Å². The van der Waals surface area contributed by atoms with Crippen molar-refractivity contribution in [3.63, 3.8) is 0 Å². The van der Waals surface area contributed by atoms with Crippen molar-refractivity contribution in [2.75, 3.05) is 13.2 Å². The summed E-state index contributed by atoms with van der Waals surface area (Å²) in [4.78, 5) is 38.1. The van der Waals surface area contributed by atoms with E-state index in [0.29, 0.717) is 19.3 Å². The van der Waals surface area contributed by atoms with Crippen molar-refractivity contribution in [3.05, 3.63) is 24.3 Å². The summed E-state index contributed by atoms with van der Waals surface area (Å²) in [5.41, 5.74) is 0. The van der Waals surface area contributed by atoms with Gasteiger partial charge in [0, 0.05) is 19.3 Å². The van der Waals surface area contributed by atoms with Gasteiger partial charge in [-0.2, -0.15) is 0 Å². The standard InChI is InChI=1S/C63H118O6/c1-4-7-10-13-16-19-22-24-26-28-29-30-31-32-33-34-35-36-38-39-41-44-47-50-53-56-62(65)68-59-60(58-67-61(64)55-52-49-46-43-21-18-15-12-9-6-3)69-63(66)57-54-51-48-45-42-40-37-27-25-23-20-17-14-11-8-5-2/h22,24,28-29,60H,4-21,23,25-27,30-59H2,1-3H3/b24-22-,29-28-. The molecule has 0 aliphatic rings. The molecule has 6 nitrogen and oxygen atoms in total. The topological polar surface area (TPSA) is 78.9 Å². The van der Waals surface area contributed by atoms with Crippen LogP contribution in [-0.2, 0) is 28.6 Å². The Labute approximate surface area is 430 Å². The van der Waals surface area contributed by atoms with Crippen molar-refractivity contribution < 1.29 is 28.6 Å². The van der Waals surface area contributed by atoms with Gasteiger partial charge < -0.3 is 14.2 Å². The number of ether oxygens (including phenoxy) is 3. The number of hydrogen-bond acceptors (Lipinski definition) is 6. The Morgan fingerprint density at radius 3 is 0.797 bits per heavy atom. The molecule has 69 heavy (non-hydrogen) atoms. The minimum atomic E-state index is -0.765. The van der Waals surface area contributed by atoms with E-state index >= 15 is 0 Å². The van der Waals surface area contributed by atoms with E-state index in [1.54, 1.807) is 0 Å². The van der Waals surface area contributed by atoms with Crippen LogP contribution in [0.5, 0.6) is 0 Å². The van der Waals surface area contributed by atoms with Crippen molar-refractivity contribution in [2.45, 2.75) is 348 Å². The summed E-state index contributed by atoms with van der Waals surface area (Å²) in [5.74, 6) is -0.844. The van der Waals surface area contributed by atoms with Crippen LogP contribution < -0.4 is 0 Å². The molecule has 0 aliphatic heterocycles. The molecule has 0 fully saturated rings. The molecule has 0 N–H and O–H groups in total. The Morgan fingerprint density at radius 1 is 0.290 bits per heavy atom. The minimum absolute atomic E-state index is 0.0653. The van der Waals surface area contributed by atoms with Crippen molar-refractivity contribution in [1.29, 1.82) is 0 Å². The summed E-state index contributed by atoms with van der Waals surface area (Å²) < 4.78 is 16.9. The van der Waals surface area contributed by atoms with E-state index in [9.17, 15) is 14.4 Å². The summed E-state index contributed by atoms with van der Waals surface area (Å²) in [6, 6.07) is 0. The zero-order valence-electron chi connectivity index (χ0n) is 46.6. The second-order valence-corrected chi connectivity index (χ2v) is 21.0. The molecule has 6 heteroatoms. The number of carbonyl (C=O) groups excluding carboxylic acids is 3. The van der Waals surface area contributed by atoms with Gasteiger partial charge in [0.15, 0.2) is 6.10 Å². The lowest BCUT2D eigenvalue weighted by Crippen LogP contribution is -2.30. The average molecular weight is 972 g/mol. The third kappa shape index (κ3) is 56.7. The molecule has 1 unspecified atom stereocenters.